The summed E-state index contributed by atoms with van der Waals surface area (Å²) < 4.78 is 2.13. The third kappa shape index (κ3) is 5.01. The van der Waals surface area contributed by atoms with Gasteiger partial charge in [-0.15, -0.1) is 10.2 Å². The van der Waals surface area contributed by atoms with Crippen LogP contribution in [0, 0.1) is 0 Å². The third-order valence-corrected chi connectivity index (χ3v) is 5.51. The Kier molecular flexibility index (Phi) is 6.88. The van der Waals surface area contributed by atoms with Crippen molar-refractivity contribution in [3.05, 3.63) is 60.2 Å². The van der Waals surface area contributed by atoms with E-state index in [2.05, 4.69) is 77.3 Å². The van der Waals surface area contributed by atoms with Gasteiger partial charge in [0.15, 0.2) is 11.0 Å². The lowest BCUT2D eigenvalue weighted by atomic mass is 9.87. The van der Waals surface area contributed by atoms with Gasteiger partial charge in [0.25, 0.3) is 0 Å². The van der Waals surface area contributed by atoms with E-state index in [1.807, 2.05) is 18.2 Å². The summed E-state index contributed by atoms with van der Waals surface area (Å²) >= 11 is 1.69. The van der Waals surface area contributed by atoms with Gasteiger partial charge in [-0.3, -0.25) is 4.57 Å². The number of rotatable bonds is 8. The molecule has 3 N–H and O–H groups in total. The highest BCUT2D eigenvalue weighted by atomic mass is 32.2. The van der Waals surface area contributed by atoms with Gasteiger partial charge in [-0.25, -0.2) is 0 Å². The maximum Gasteiger partial charge on any atom is 0.196 e. The molecule has 0 bridgehead atoms. The fourth-order valence-corrected chi connectivity index (χ4v) is 3.84. The molecule has 0 atom stereocenters. The van der Waals surface area contributed by atoms with Crippen LogP contribution in [0.5, 0.6) is 0 Å². The van der Waals surface area contributed by atoms with Crippen molar-refractivity contribution in [2.24, 2.45) is 0 Å². The second-order valence-corrected chi connectivity index (χ2v) is 8.80. The maximum atomic E-state index is 8.91. The smallest absolute Gasteiger partial charge is 0.196 e. The van der Waals surface area contributed by atoms with Crippen LogP contribution in [0.1, 0.15) is 26.3 Å². The minimum absolute atomic E-state index is 0.123. The summed E-state index contributed by atoms with van der Waals surface area (Å²) in [6.07, 6.45) is 0. The molecule has 2 aromatic carbocycles. The number of para-hydroxylation sites is 1. The SMILES string of the molecule is CC(C)(C)c1ccc(-c2nnc(SCC[NH2+]CCO)n2-c2ccccc2)cc1. The van der Waals surface area contributed by atoms with Crippen molar-refractivity contribution in [2.75, 3.05) is 25.4 Å². The Bertz CT molecular complexity index is 870. The Balaban J connectivity index is 1.91. The van der Waals surface area contributed by atoms with E-state index in [0.717, 1.165) is 41.1 Å². The molecule has 6 heteroatoms. The number of aromatic nitrogens is 3. The molecule has 0 fully saturated rings. The van der Waals surface area contributed by atoms with E-state index in [1.165, 1.54) is 5.56 Å². The van der Waals surface area contributed by atoms with E-state index in [4.69, 9.17) is 5.11 Å². The van der Waals surface area contributed by atoms with Crippen molar-refractivity contribution in [3.8, 4) is 17.1 Å². The second-order valence-electron chi connectivity index (χ2n) is 7.74. The Morgan fingerprint density at radius 1 is 0.964 bits per heavy atom. The Labute approximate surface area is 171 Å². The normalized spacial score (nSPS) is 11.7. The van der Waals surface area contributed by atoms with Crippen LogP contribution in [0.2, 0.25) is 0 Å². The average Bonchev–Trinajstić information content (AvgIpc) is 3.12. The number of benzene rings is 2. The molecule has 0 unspecified atom stereocenters. The molecule has 1 heterocycles. The zero-order valence-corrected chi connectivity index (χ0v) is 17.6. The van der Waals surface area contributed by atoms with Crippen LogP contribution in [0.3, 0.4) is 0 Å². The molecule has 0 aliphatic rings. The van der Waals surface area contributed by atoms with Gasteiger partial charge in [-0.1, -0.05) is 75.0 Å². The van der Waals surface area contributed by atoms with E-state index < -0.39 is 0 Å². The van der Waals surface area contributed by atoms with Gasteiger partial charge in [0, 0.05) is 11.3 Å². The van der Waals surface area contributed by atoms with E-state index in [1.54, 1.807) is 11.8 Å². The Morgan fingerprint density at radius 2 is 1.68 bits per heavy atom. The number of aliphatic hydroxyl groups is 1. The van der Waals surface area contributed by atoms with E-state index in [9.17, 15) is 0 Å². The zero-order chi connectivity index (χ0) is 20.0. The predicted octanol–water partition coefficient (Wildman–Crippen LogP) is 2.88. The molecule has 28 heavy (non-hydrogen) atoms. The highest BCUT2D eigenvalue weighted by Gasteiger charge is 2.18. The molecule has 3 rings (SSSR count). The molecule has 0 spiro atoms. The average molecular weight is 398 g/mol. The van der Waals surface area contributed by atoms with Gasteiger partial charge < -0.3 is 10.4 Å². The van der Waals surface area contributed by atoms with Crippen LogP contribution < -0.4 is 5.32 Å². The monoisotopic (exact) mass is 397 g/mol. The van der Waals surface area contributed by atoms with Gasteiger partial charge in [-0.2, -0.15) is 0 Å². The number of hydrogen-bond donors (Lipinski definition) is 2. The van der Waals surface area contributed by atoms with Crippen LogP contribution in [-0.4, -0.2) is 45.3 Å². The van der Waals surface area contributed by atoms with Crippen molar-refractivity contribution in [3.63, 3.8) is 0 Å². The van der Waals surface area contributed by atoms with Crippen molar-refractivity contribution >= 4 is 11.8 Å². The predicted molar refractivity (Wildman–Crippen MR) is 115 cm³/mol. The first-order valence-electron chi connectivity index (χ1n) is 9.68. The summed E-state index contributed by atoms with van der Waals surface area (Å²) in [7, 11) is 0. The van der Waals surface area contributed by atoms with Gasteiger partial charge in [0.05, 0.1) is 25.4 Å². The van der Waals surface area contributed by atoms with Gasteiger partial charge in [-0.05, 0) is 23.1 Å². The lowest BCUT2D eigenvalue weighted by molar-refractivity contribution is -0.651. The summed E-state index contributed by atoms with van der Waals surface area (Å²) in [6.45, 7) is 8.53. The van der Waals surface area contributed by atoms with Crippen LogP contribution in [-0.2, 0) is 5.41 Å². The molecule has 1 aromatic heterocycles. The summed E-state index contributed by atoms with van der Waals surface area (Å²) in [5.41, 5.74) is 3.54. The Hall–Kier alpha value is -2.15. The number of thioether (sulfide) groups is 1. The molecule has 3 aromatic rings. The van der Waals surface area contributed by atoms with E-state index in [-0.39, 0.29) is 12.0 Å². The Morgan fingerprint density at radius 3 is 2.32 bits per heavy atom. The summed E-state index contributed by atoms with van der Waals surface area (Å²) in [6, 6.07) is 18.9. The van der Waals surface area contributed by atoms with Crippen molar-refractivity contribution in [1.82, 2.24) is 14.8 Å². The first kappa shape index (κ1) is 20.6. The van der Waals surface area contributed by atoms with E-state index in [0.29, 0.717) is 0 Å². The van der Waals surface area contributed by atoms with Crippen LogP contribution in [0.4, 0.5) is 0 Å². The first-order valence-corrected chi connectivity index (χ1v) is 10.7. The second kappa shape index (κ2) is 9.37. The minimum Gasteiger partial charge on any atom is -0.391 e. The van der Waals surface area contributed by atoms with Gasteiger partial charge >= 0.3 is 0 Å². The maximum absolute atomic E-state index is 8.91. The highest BCUT2D eigenvalue weighted by Crippen LogP contribution is 2.29. The summed E-state index contributed by atoms with van der Waals surface area (Å²) in [5, 5.41) is 20.9. The fraction of sp³-hybridized carbons (Fsp3) is 0.364. The number of quaternary nitrogens is 1. The van der Waals surface area contributed by atoms with Crippen LogP contribution in [0.25, 0.3) is 17.1 Å². The molecule has 0 amide bonds. The van der Waals surface area contributed by atoms with E-state index >= 15 is 0 Å². The molecule has 5 nitrogen and oxygen atoms in total. The van der Waals surface area contributed by atoms with Crippen LogP contribution >= 0.6 is 11.8 Å². The molecular weight excluding hydrogens is 368 g/mol. The van der Waals surface area contributed by atoms with Gasteiger partial charge in [0.1, 0.15) is 0 Å². The number of nitrogens with two attached hydrogens (primary N) is 1. The number of nitrogens with zero attached hydrogens (tertiary/aromatic N) is 3. The first-order chi connectivity index (χ1) is 13.5. The van der Waals surface area contributed by atoms with Crippen molar-refractivity contribution < 1.29 is 10.4 Å². The zero-order valence-electron chi connectivity index (χ0n) is 16.8. The number of hydrogen-bond acceptors (Lipinski definition) is 4. The molecule has 0 saturated carbocycles. The number of aliphatic hydroxyl groups excluding tert-OH is 1. The van der Waals surface area contributed by atoms with Crippen molar-refractivity contribution in [1.29, 1.82) is 0 Å². The van der Waals surface area contributed by atoms with Gasteiger partial charge in [0.2, 0.25) is 0 Å². The molecular formula is C22H29N4OS+. The molecule has 0 aliphatic carbocycles. The van der Waals surface area contributed by atoms with Crippen molar-refractivity contribution in [2.45, 2.75) is 31.3 Å². The standard InChI is InChI=1S/C22H28N4OS/c1-22(2,3)18-11-9-17(10-12-18)20-24-25-21(28-16-14-23-13-15-27)26(20)19-7-5-4-6-8-19/h4-12,23,27H,13-16H2,1-3H3/p+1. The molecule has 0 radical (unpaired) electrons. The topological polar surface area (TPSA) is 67.6 Å². The molecule has 0 aliphatic heterocycles. The fourth-order valence-electron chi connectivity index (χ4n) is 2.95. The highest BCUT2D eigenvalue weighted by molar-refractivity contribution is 7.99. The minimum atomic E-state index is 0.123. The lowest BCUT2D eigenvalue weighted by Gasteiger charge is -2.19. The largest absolute Gasteiger partial charge is 0.391 e. The molecule has 148 valence electrons. The summed E-state index contributed by atoms with van der Waals surface area (Å²) in [4.78, 5) is 0. The van der Waals surface area contributed by atoms with Crippen LogP contribution in [0.15, 0.2) is 59.8 Å². The molecule has 0 saturated heterocycles. The summed E-state index contributed by atoms with van der Waals surface area (Å²) in [5.74, 6) is 1.77. The third-order valence-electron chi connectivity index (χ3n) is 4.54. The lowest BCUT2D eigenvalue weighted by Crippen LogP contribution is -2.85. The quantitative estimate of drug-likeness (QED) is 0.453.